The predicted octanol–water partition coefficient (Wildman–Crippen LogP) is 2.11. The molecule has 0 spiro atoms. The van der Waals surface area contributed by atoms with Crippen LogP contribution >= 0.6 is 0 Å². The Kier molecular flexibility index (Phi) is 3.85. The van der Waals surface area contributed by atoms with Crippen molar-refractivity contribution >= 4 is 5.97 Å². The van der Waals surface area contributed by atoms with E-state index < -0.39 is 0 Å². The van der Waals surface area contributed by atoms with Crippen molar-refractivity contribution in [2.45, 2.75) is 45.4 Å². The maximum atomic E-state index is 12.1. The van der Waals surface area contributed by atoms with Crippen LogP contribution in [0.25, 0.3) is 0 Å². The molecule has 2 rings (SSSR count). The van der Waals surface area contributed by atoms with Crippen LogP contribution in [0, 0.1) is 11.3 Å². The summed E-state index contributed by atoms with van der Waals surface area (Å²) < 4.78 is 5.46. The third-order valence-electron chi connectivity index (χ3n) is 4.13. The summed E-state index contributed by atoms with van der Waals surface area (Å²) in [5.74, 6) is 0.899. The smallest absolute Gasteiger partial charge is 0.312 e. The minimum Gasteiger partial charge on any atom is -0.465 e. The molecule has 3 heteroatoms. The first-order chi connectivity index (χ1) is 7.77. The maximum Gasteiger partial charge on any atom is 0.312 e. The van der Waals surface area contributed by atoms with E-state index in [2.05, 4.69) is 12.2 Å². The molecule has 1 saturated carbocycles. The Labute approximate surface area is 97.9 Å². The van der Waals surface area contributed by atoms with Gasteiger partial charge in [0.15, 0.2) is 0 Å². The van der Waals surface area contributed by atoms with Crippen LogP contribution in [0.2, 0.25) is 0 Å². The van der Waals surface area contributed by atoms with E-state index in [-0.39, 0.29) is 11.4 Å². The van der Waals surface area contributed by atoms with Crippen LogP contribution in [-0.2, 0) is 9.53 Å². The summed E-state index contributed by atoms with van der Waals surface area (Å²) in [6, 6.07) is 0. The number of piperidine rings is 1. The quantitative estimate of drug-likeness (QED) is 0.728. The molecular formula is C13H23NO2. The lowest BCUT2D eigenvalue weighted by molar-refractivity contribution is -0.158. The first-order valence-electron chi connectivity index (χ1n) is 6.65. The monoisotopic (exact) mass is 225 g/mol. The average molecular weight is 225 g/mol. The van der Waals surface area contributed by atoms with Gasteiger partial charge in [0.05, 0.1) is 12.0 Å². The van der Waals surface area contributed by atoms with Crippen LogP contribution in [0.4, 0.5) is 0 Å². The van der Waals surface area contributed by atoms with Gasteiger partial charge in [-0.2, -0.15) is 0 Å². The fourth-order valence-electron chi connectivity index (χ4n) is 2.49. The lowest BCUT2D eigenvalue weighted by Crippen LogP contribution is -2.42. The van der Waals surface area contributed by atoms with Crippen molar-refractivity contribution in [2.24, 2.45) is 11.3 Å². The largest absolute Gasteiger partial charge is 0.465 e. The Morgan fingerprint density at radius 3 is 2.62 bits per heavy atom. The lowest BCUT2D eigenvalue weighted by atomic mass is 9.77. The Morgan fingerprint density at radius 2 is 2.06 bits per heavy atom. The van der Waals surface area contributed by atoms with Gasteiger partial charge in [-0.05, 0) is 44.7 Å². The first kappa shape index (κ1) is 11.9. The van der Waals surface area contributed by atoms with E-state index in [4.69, 9.17) is 4.74 Å². The summed E-state index contributed by atoms with van der Waals surface area (Å²) in [5, 5.41) is 3.31. The normalized spacial score (nSPS) is 24.1. The fourth-order valence-corrected chi connectivity index (χ4v) is 2.49. The third kappa shape index (κ3) is 2.76. The topological polar surface area (TPSA) is 38.3 Å². The van der Waals surface area contributed by atoms with Crippen molar-refractivity contribution in [1.82, 2.24) is 5.32 Å². The Hall–Kier alpha value is -0.570. The molecule has 0 atom stereocenters. The molecule has 0 aromatic carbocycles. The van der Waals surface area contributed by atoms with Crippen molar-refractivity contribution in [3.8, 4) is 0 Å². The molecular weight excluding hydrogens is 202 g/mol. The summed E-state index contributed by atoms with van der Waals surface area (Å²) in [4.78, 5) is 12.1. The molecule has 0 bridgehead atoms. The van der Waals surface area contributed by atoms with Gasteiger partial charge in [-0.1, -0.05) is 19.8 Å². The number of nitrogens with one attached hydrogen (secondary N) is 1. The van der Waals surface area contributed by atoms with Crippen LogP contribution in [-0.4, -0.2) is 25.7 Å². The molecule has 0 radical (unpaired) electrons. The SMILES string of the molecule is CCC1(C(=O)OCCC2CC2)CCNCC1. The summed E-state index contributed by atoms with van der Waals surface area (Å²) in [6.07, 6.45) is 6.53. The molecule has 3 nitrogen and oxygen atoms in total. The molecule has 92 valence electrons. The van der Waals surface area contributed by atoms with Gasteiger partial charge in [0, 0.05) is 0 Å². The van der Waals surface area contributed by atoms with Crippen molar-refractivity contribution in [3.05, 3.63) is 0 Å². The number of esters is 1. The van der Waals surface area contributed by atoms with E-state index in [0.717, 1.165) is 44.7 Å². The average Bonchev–Trinajstić information content (AvgIpc) is 3.14. The fraction of sp³-hybridized carbons (Fsp3) is 0.923. The summed E-state index contributed by atoms with van der Waals surface area (Å²) in [7, 11) is 0. The minimum atomic E-state index is -0.186. The zero-order chi connectivity index (χ0) is 11.4. The number of ether oxygens (including phenoxy) is 1. The molecule has 2 aliphatic rings. The summed E-state index contributed by atoms with van der Waals surface area (Å²) in [5.41, 5.74) is -0.186. The van der Waals surface area contributed by atoms with Crippen LogP contribution < -0.4 is 5.32 Å². The van der Waals surface area contributed by atoms with E-state index in [1.165, 1.54) is 12.8 Å². The van der Waals surface area contributed by atoms with E-state index in [1.807, 2.05) is 0 Å². The highest BCUT2D eigenvalue weighted by Gasteiger charge is 2.39. The van der Waals surface area contributed by atoms with Gasteiger partial charge in [-0.15, -0.1) is 0 Å². The molecule has 2 fully saturated rings. The minimum absolute atomic E-state index is 0.0529. The Balaban J connectivity index is 1.79. The Bertz CT molecular complexity index is 242. The van der Waals surface area contributed by atoms with E-state index >= 15 is 0 Å². The molecule has 0 aromatic heterocycles. The van der Waals surface area contributed by atoms with Gasteiger partial charge >= 0.3 is 5.97 Å². The van der Waals surface area contributed by atoms with Crippen LogP contribution in [0.5, 0.6) is 0 Å². The van der Waals surface area contributed by atoms with Crippen LogP contribution in [0.15, 0.2) is 0 Å². The second kappa shape index (κ2) is 5.17. The molecule has 1 N–H and O–H groups in total. The molecule has 1 aliphatic heterocycles. The lowest BCUT2D eigenvalue weighted by Gasteiger charge is -2.34. The van der Waals surface area contributed by atoms with Gasteiger partial charge in [-0.3, -0.25) is 4.79 Å². The molecule has 0 aromatic rings. The highest BCUT2D eigenvalue weighted by molar-refractivity contribution is 5.77. The second-order valence-electron chi connectivity index (χ2n) is 5.25. The third-order valence-corrected chi connectivity index (χ3v) is 4.13. The second-order valence-corrected chi connectivity index (χ2v) is 5.25. The van der Waals surface area contributed by atoms with Crippen molar-refractivity contribution in [1.29, 1.82) is 0 Å². The molecule has 1 heterocycles. The van der Waals surface area contributed by atoms with E-state index in [0.29, 0.717) is 6.61 Å². The molecule has 1 saturated heterocycles. The number of hydrogen-bond donors (Lipinski definition) is 1. The molecule has 0 unspecified atom stereocenters. The van der Waals surface area contributed by atoms with Gasteiger partial charge in [0.2, 0.25) is 0 Å². The first-order valence-corrected chi connectivity index (χ1v) is 6.65. The van der Waals surface area contributed by atoms with E-state index in [1.54, 1.807) is 0 Å². The molecule has 0 amide bonds. The van der Waals surface area contributed by atoms with Gasteiger partial charge in [0.1, 0.15) is 0 Å². The van der Waals surface area contributed by atoms with Crippen LogP contribution in [0.3, 0.4) is 0 Å². The van der Waals surface area contributed by atoms with Crippen molar-refractivity contribution < 1.29 is 9.53 Å². The number of rotatable bonds is 5. The van der Waals surface area contributed by atoms with Crippen molar-refractivity contribution in [3.63, 3.8) is 0 Å². The van der Waals surface area contributed by atoms with Gasteiger partial charge in [0.25, 0.3) is 0 Å². The number of hydrogen-bond acceptors (Lipinski definition) is 3. The zero-order valence-electron chi connectivity index (χ0n) is 10.3. The highest BCUT2D eigenvalue weighted by Crippen LogP contribution is 2.35. The number of carbonyl (C=O) groups excluding carboxylic acids is 1. The Morgan fingerprint density at radius 1 is 1.38 bits per heavy atom. The maximum absolute atomic E-state index is 12.1. The summed E-state index contributed by atoms with van der Waals surface area (Å²) in [6.45, 7) is 4.64. The highest BCUT2D eigenvalue weighted by atomic mass is 16.5. The molecule has 1 aliphatic carbocycles. The predicted molar refractivity (Wildman–Crippen MR) is 63.1 cm³/mol. The van der Waals surface area contributed by atoms with Crippen LogP contribution in [0.1, 0.15) is 45.4 Å². The number of carbonyl (C=O) groups is 1. The standard InChI is InChI=1S/C13H23NO2/c1-2-13(6-8-14-9-7-13)12(15)16-10-5-11-3-4-11/h11,14H,2-10H2,1H3. The summed E-state index contributed by atoms with van der Waals surface area (Å²) >= 11 is 0. The van der Waals surface area contributed by atoms with Crippen molar-refractivity contribution in [2.75, 3.05) is 19.7 Å². The molecule has 16 heavy (non-hydrogen) atoms. The van der Waals surface area contributed by atoms with E-state index in [9.17, 15) is 4.79 Å². The van der Waals surface area contributed by atoms with Gasteiger partial charge in [-0.25, -0.2) is 0 Å². The zero-order valence-corrected chi connectivity index (χ0v) is 10.3. The van der Waals surface area contributed by atoms with Gasteiger partial charge < -0.3 is 10.1 Å².